The molecule has 4 rings (SSSR count). The Morgan fingerprint density at radius 3 is 2.39 bits per heavy atom. The first-order chi connectivity index (χ1) is 15.0. The third kappa shape index (κ3) is 4.55. The molecule has 3 aromatic rings. The Labute approximate surface area is 189 Å². The Balaban J connectivity index is 1.67. The second kappa shape index (κ2) is 9.04. The SMILES string of the molecule is CCOC(=O)Cc1ccc(Cc2nc(-c3c(Cl)cccc3Cl)nc3c2C(=O)NC3)cc1. The molecule has 0 saturated heterocycles. The van der Waals surface area contributed by atoms with Crippen LogP contribution in [0.15, 0.2) is 42.5 Å². The summed E-state index contributed by atoms with van der Waals surface area (Å²) in [5.41, 5.74) is 4.06. The number of fused-ring (bicyclic) bond motifs is 1. The van der Waals surface area contributed by atoms with Gasteiger partial charge in [0.05, 0.1) is 52.1 Å². The number of halogens is 2. The summed E-state index contributed by atoms with van der Waals surface area (Å²) in [7, 11) is 0. The molecule has 0 radical (unpaired) electrons. The lowest BCUT2D eigenvalue weighted by Gasteiger charge is -2.11. The maximum Gasteiger partial charge on any atom is 0.310 e. The molecule has 0 bridgehead atoms. The van der Waals surface area contributed by atoms with Crippen molar-refractivity contribution >= 4 is 35.1 Å². The van der Waals surface area contributed by atoms with E-state index in [2.05, 4.69) is 15.3 Å². The molecule has 0 saturated carbocycles. The number of hydrogen-bond donors (Lipinski definition) is 1. The van der Waals surface area contributed by atoms with Crippen molar-refractivity contribution in [3.63, 3.8) is 0 Å². The number of ether oxygens (including phenoxy) is 1. The Kier molecular flexibility index (Phi) is 6.20. The number of benzene rings is 2. The highest BCUT2D eigenvalue weighted by Crippen LogP contribution is 2.34. The van der Waals surface area contributed by atoms with Gasteiger partial charge in [-0.1, -0.05) is 53.5 Å². The minimum atomic E-state index is -0.262. The number of amides is 1. The van der Waals surface area contributed by atoms with E-state index in [1.165, 1.54) is 0 Å². The van der Waals surface area contributed by atoms with Crippen LogP contribution in [0.3, 0.4) is 0 Å². The van der Waals surface area contributed by atoms with Gasteiger partial charge < -0.3 is 10.1 Å². The maximum atomic E-state index is 12.4. The van der Waals surface area contributed by atoms with Gasteiger partial charge in [0.15, 0.2) is 5.82 Å². The zero-order valence-corrected chi connectivity index (χ0v) is 18.3. The van der Waals surface area contributed by atoms with Gasteiger partial charge in [-0.25, -0.2) is 9.97 Å². The standard InChI is InChI=1S/C23H19Cl2N3O3/c1-2-31-19(29)11-14-8-6-13(7-9-14)10-17-21-18(12-26-23(21)30)28-22(27-17)20-15(24)4-3-5-16(20)25/h3-9H,2,10-12H2,1H3,(H,26,30). The molecular weight excluding hydrogens is 437 g/mol. The van der Waals surface area contributed by atoms with Crippen molar-refractivity contribution in [1.82, 2.24) is 15.3 Å². The van der Waals surface area contributed by atoms with Crippen LogP contribution in [-0.2, 0) is 28.9 Å². The lowest BCUT2D eigenvalue weighted by Crippen LogP contribution is -2.14. The molecule has 0 aliphatic carbocycles. The van der Waals surface area contributed by atoms with Crippen molar-refractivity contribution < 1.29 is 14.3 Å². The van der Waals surface area contributed by atoms with Crippen LogP contribution >= 0.6 is 23.2 Å². The summed E-state index contributed by atoms with van der Waals surface area (Å²) in [5, 5.41) is 3.69. The zero-order valence-electron chi connectivity index (χ0n) is 16.7. The Bertz CT molecular complexity index is 1140. The first kappa shape index (κ1) is 21.3. The van der Waals surface area contributed by atoms with E-state index in [0.717, 1.165) is 11.1 Å². The topological polar surface area (TPSA) is 81.2 Å². The van der Waals surface area contributed by atoms with Crippen LogP contribution in [0, 0.1) is 0 Å². The number of nitrogens with one attached hydrogen (secondary N) is 1. The molecule has 1 N–H and O–H groups in total. The summed E-state index contributed by atoms with van der Waals surface area (Å²) in [6, 6.07) is 12.8. The van der Waals surface area contributed by atoms with Gasteiger partial charge in [0, 0.05) is 6.42 Å². The zero-order chi connectivity index (χ0) is 22.0. The lowest BCUT2D eigenvalue weighted by molar-refractivity contribution is -0.142. The minimum absolute atomic E-state index is 0.194. The van der Waals surface area contributed by atoms with Gasteiger partial charge in [-0.3, -0.25) is 9.59 Å². The summed E-state index contributed by atoms with van der Waals surface area (Å²) in [6.45, 7) is 2.47. The summed E-state index contributed by atoms with van der Waals surface area (Å²) in [4.78, 5) is 33.3. The predicted octanol–water partition coefficient (Wildman–Crippen LogP) is 4.39. The van der Waals surface area contributed by atoms with E-state index in [1.807, 2.05) is 24.3 Å². The molecule has 1 aliphatic heterocycles. The van der Waals surface area contributed by atoms with E-state index >= 15 is 0 Å². The fraction of sp³-hybridized carbons (Fsp3) is 0.217. The Hall–Kier alpha value is -2.96. The average molecular weight is 456 g/mol. The van der Waals surface area contributed by atoms with Crippen LogP contribution < -0.4 is 5.32 Å². The highest BCUT2D eigenvalue weighted by molar-refractivity contribution is 6.39. The minimum Gasteiger partial charge on any atom is -0.466 e. The molecule has 1 aliphatic rings. The molecule has 2 aromatic carbocycles. The second-order valence-electron chi connectivity index (χ2n) is 7.07. The van der Waals surface area contributed by atoms with Crippen molar-refractivity contribution in [2.45, 2.75) is 26.3 Å². The van der Waals surface area contributed by atoms with Crippen LogP contribution in [-0.4, -0.2) is 28.5 Å². The molecule has 0 unspecified atom stereocenters. The summed E-state index contributed by atoms with van der Waals surface area (Å²) < 4.78 is 4.99. The van der Waals surface area contributed by atoms with Crippen molar-refractivity contribution in [1.29, 1.82) is 0 Å². The van der Waals surface area contributed by atoms with E-state index in [0.29, 0.717) is 58.0 Å². The van der Waals surface area contributed by atoms with Crippen molar-refractivity contribution in [2.24, 2.45) is 0 Å². The third-order valence-electron chi connectivity index (χ3n) is 4.94. The van der Waals surface area contributed by atoms with E-state index < -0.39 is 0 Å². The monoisotopic (exact) mass is 455 g/mol. The number of hydrogen-bond acceptors (Lipinski definition) is 5. The smallest absolute Gasteiger partial charge is 0.310 e. The second-order valence-corrected chi connectivity index (χ2v) is 7.88. The lowest BCUT2D eigenvalue weighted by atomic mass is 10.0. The van der Waals surface area contributed by atoms with Crippen molar-refractivity contribution in [3.05, 3.63) is 80.6 Å². The van der Waals surface area contributed by atoms with Gasteiger partial charge in [-0.05, 0) is 30.2 Å². The van der Waals surface area contributed by atoms with Crippen LogP contribution in [0.5, 0.6) is 0 Å². The van der Waals surface area contributed by atoms with Gasteiger partial charge >= 0.3 is 5.97 Å². The number of carbonyl (C=O) groups excluding carboxylic acids is 2. The molecule has 6 nitrogen and oxygen atoms in total. The molecule has 0 spiro atoms. The van der Waals surface area contributed by atoms with Crippen LogP contribution in [0.2, 0.25) is 10.0 Å². The summed E-state index contributed by atoms with van der Waals surface area (Å²) in [6.07, 6.45) is 0.640. The molecule has 0 fully saturated rings. The van der Waals surface area contributed by atoms with Gasteiger partial charge in [-0.15, -0.1) is 0 Å². The van der Waals surface area contributed by atoms with Gasteiger partial charge in [0.1, 0.15) is 0 Å². The quantitative estimate of drug-likeness (QED) is 0.557. The van der Waals surface area contributed by atoms with E-state index in [-0.39, 0.29) is 18.3 Å². The van der Waals surface area contributed by atoms with Crippen molar-refractivity contribution in [2.75, 3.05) is 6.61 Å². The Morgan fingerprint density at radius 1 is 1.03 bits per heavy atom. The molecule has 31 heavy (non-hydrogen) atoms. The molecule has 158 valence electrons. The molecule has 1 aromatic heterocycles. The molecule has 8 heteroatoms. The van der Waals surface area contributed by atoms with Gasteiger partial charge in [0.2, 0.25) is 0 Å². The number of aromatic nitrogens is 2. The largest absolute Gasteiger partial charge is 0.466 e. The molecule has 1 amide bonds. The third-order valence-corrected chi connectivity index (χ3v) is 5.57. The number of nitrogens with zero attached hydrogens (tertiary/aromatic N) is 2. The highest BCUT2D eigenvalue weighted by Gasteiger charge is 2.27. The predicted molar refractivity (Wildman–Crippen MR) is 118 cm³/mol. The molecule has 2 heterocycles. The Morgan fingerprint density at radius 2 is 1.71 bits per heavy atom. The van der Waals surface area contributed by atoms with Crippen LogP contribution in [0.4, 0.5) is 0 Å². The molecular formula is C23H19Cl2N3O3. The van der Waals surface area contributed by atoms with Gasteiger partial charge in [0.25, 0.3) is 5.91 Å². The first-order valence-corrected chi connectivity index (χ1v) is 10.6. The normalized spacial score (nSPS) is 12.4. The van der Waals surface area contributed by atoms with Crippen LogP contribution in [0.25, 0.3) is 11.4 Å². The first-order valence-electron chi connectivity index (χ1n) is 9.82. The van der Waals surface area contributed by atoms with E-state index in [4.69, 9.17) is 27.9 Å². The summed E-state index contributed by atoms with van der Waals surface area (Å²) in [5.74, 6) is -0.0673. The fourth-order valence-corrected chi connectivity index (χ4v) is 4.07. The fourth-order valence-electron chi connectivity index (χ4n) is 3.50. The average Bonchev–Trinajstić information content (AvgIpc) is 3.11. The summed E-state index contributed by atoms with van der Waals surface area (Å²) >= 11 is 12.7. The maximum absolute atomic E-state index is 12.4. The van der Waals surface area contributed by atoms with E-state index in [9.17, 15) is 9.59 Å². The number of rotatable bonds is 6. The molecule has 0 atom stereocenters. The van der Waals surface area contributed by atoms with Crippen molar-refractivity contribution in [3.8, 4) is 11.4 Å². The number of esters is 1. The van der Waals surface area contributed by atoms with E-state index in [1.54, 1.807) is 25.1 Å². The van der Waals surface area contributed by atoms with Gasteiger partial charge in [-0.2, -0.15) is 0 Å². The number of carbonyl (C=O) groups is 2. The van der Waals surface area contributed by atoms with Crippen LogP contribution in [0.1, 0.15) is 39.8 Å². The highest BCUT2D eigenvalue weighted by atomic mass is 35.5.